The number of rotatable bonds is 5. The van der Waals surface area contributed by atoms with E-state index in [1.165, 1.54) is 0 Å². The lowest BCUT2D eigenvalue weighted by molar-refractivity contribution is -0.122. The molecule has 6 nitrogen and oxygen atoms in total. The quantitative estimate of drug-likeness (QED) is 0.614. The van der Waals surface area contributed by atoms with Crippen LogP contribution in [0.25, 0.3) is 17.0 Å². The van der Waals surface area contributed by atoms with Gasteiger partial charge in [0.25, 0.3) is 17.1 Å². The number of furan rings is 1. The molecule has 0 radical (unpaired) electrons. The fourth-order valence-electron chi connectivity index (χ4n) is 3.36. The van der Waals surface area contributed by atoms with Crippen molar-refractivity contribution < 1.29 is 18.8 Å². The Hall–Kier alpha value is -3.32. The van der Waals surface area contributed by atoms with Crippen molar-refractivity contribution in [2.75, 3.05) is 13.1 Å². The molecule has 7 heteroatoms. The van der Waals surface area contributed by atoms with Crippen molar-refractivity contribution in [1.82, 2.24) is 10.2 Å². The second-order valence-corrected chi connectivity index (χ2v) is 8.00. The third kappa shape index (κ3) is 3.76. The number of imide groups is 1. The normalized spacial score (nSPS) is 15.4. The molecule has 2 heterocycles. The molecule has 1 aliphatic rings. The van der Waals surface area contributed by atoms with Gasteiger partial charge < -0.3 is 9.73 Å². The lowest BCUT2D eigenvalue weighted by Gasteiger charge is -2.12. The van der Waals surface area contributed by atoms with Gasteiger partial charge in [-0.1, -0.05) is 48.5 Å². The van der Waals surface area contributed by atoms with Gasteiger partial charge in [0.1, 0.15) is 5.58 Å². The third-order valence-electron chi connectivity index (χ3n) is 4.96. The summed E-state index contributed by atoms with van der Waals surface area (Å²) in [7, 11) is 0. The lowest BCUT2D eigenvalue weighted by Crippen LogP contribution is -2.37. The van der Waals surface area contributed by atoms with E-state index in [1.54, 1.807) is 6.08 Å². The molecule has 0 atom stereocenters. The number of thioether (sulfide) groups is 1. The molecule has 1 saturated heterocycles. The SMILES string of the molecule is Cc1c(C(=O)NCCN2C(=O)S/C(=C/c3ccccc3)C2=O)oc2c(C)cccc12. The minimum Gasteiger partial charge on any atom is -0.450 e. The highest BCUT2D eigenvalue weighted by atomic mass is 32.2. The van der Waals surface area contributed by atoms with Gasteiger partial charge in [-0.05, 0) is 42.8 Å². The molecule has 4 rings (SSSR count). The topological polar surface area (TPSA) is 79.6 Å². The Morgan fingerprint density at radius 1 is 1.10 bits per heavy atom. The number of hydrogen-bond acceptors (Lipinski definition) is 5. The van der Waals surface area contributed by atoms with Crippen molar-refractivity contribution >= 4 is 45.9 Å². The zero-order chi connectivity index (χ0) is 21.3. The van der Waals surface area contributed by atoms with Crippen LogP contribution in [0.4, 0.5) is 4.79 Å². The molecule has 0 aliphatic carbocycles. The monoisotopic (exact) mass is 420 g/mol. The molecule has 0 unspecified atom stereocenters. The van der Waals surface area contributed by atoms with E-state index in [4.69, 9.17) is 4.42 Å². The zero-order valence-electron chi connectivity index (χ0n) is 16.6. The van der Waals surface area contributed by atoms with E-state index in [0.29, 0.717) is 10.5 Å². The summed E-state index contributed by atoms with van der Waals surface area (Å²) in [6.07, 6.45) is 1.70. The summed E-state index contributed by atoms with van der Waals surface area (Å²) in [5, 5.41) is 3.30. The van der Waals surface area contributed by atoms with Crippen molar-refractivity contribution in [2.45, 2.75) is 13.8 Å². The van der Waals surface area contributed by atoms with Crippen LogP contribution in [0.15, 0.2) is 57.9 Å². The Morgan fingerprint density at radius 3 is 2.60 bits per heavy atom. The van der Waals surface area contributed by atoms with Crippen molar-refractivity contribution in [2.24, 2.45) is 0 Å². The van der Waals surface area contributed by atoms with Gasteiger partial charge >= 0.3 is 0 Å². The van der Waals surface area contributed by atoms with Crippen molar-refractivity contribution in [3.63, 3.8) is 0 Å². The van der Waals surface area contributed by atoms with Gasteiger partial charge in [0, 0.05) is 24.0 Å². The summed E-state index contributed by atoms with van der Waals surface area (Å²) in [6, 6.07) is 15.1. The van der Waals surface area contributed by atoms with Gasteiger partial charge in [-0.15, -0.1) is 0 Å². The molecular formula is C23H20N2O4S. The first kappa shape index (κ1) is 20.0. The fraction of sp³-hybridized carbons (Fsp3) is 0.174. The average molecular weight is 420 g/mol. The van der Waals surface area contributed by atoms with Gasteiger partial charge in [-0.2, -0.15) is 0 Å². The highest BCUT2D eigenvalue weighted by Gasteiger charge is 2.34. The molecule has 1 aromatic heterocycles. The lowest BCUT2D eigenvalue weighted by atomic mass is 10.1. The maximum absolute atomic E-state index is 12.6. The van der Waals surface area contributed by atoms with E-state index in [9.17, 15) is 14.4 Å². The molecule has 30 heavy (non-hydrogen) atoms. The molecular weight excluding hydrogens is 400 g/mol. The maximum atomic E-state index is 12.6. The maximum Gasteiger partial charge on any atom is 0.293 e. The molecule has 1 fully saturated rings. The first-order valence-corrected chi connectivity index (χ1v) is 10.3. The number of benzene rings is 2. The average Bonchev–Trinajstić information content (AvgIpc) is 3.21. The molecule has 0 saturated carbocycles. The van der Waals surface area contributed by atoms with Crippen LogP contribution in [0.2, 0.25) is 0 Å². The zero-order valence-corrected chi connectivity index (χ0v) is 17.4. The summed E-state index contributed by atoms with van der Waals surface area (Å²) in [4.78, 5) is 38.9. The van der Waals surface area contributed by atoms with E-state index in [-0.39, 0.29) is 35.9 Å². The van der Waals surface area contributed by atoms with E-state index < -0.39 is 0 Å². The largest absolute Gasteiger partial charge is 0.450 e. The number of carbonyl (C=O) groups is 3. The molecule has 3 amide bonds. The van der Waals surface area contributed by atoms with Crippen LogP contribution >= 0.6 is 11.8 Å². The summed E-state index contributed by atoms with van der Waals surface area (Å²) < 4.78 is 5.77. The summed E-state index contributed by atoms with van der Waals surface area (Å²) in [6.45, 7) is 4.01. The Morgan fingerprint density at radius 2 is 1.87 bits per heavy atom. The summed E-state index contributed by atoms with van der Waals surface area (Å²) in [5.74, 6) is -0.467. The van der Waals surface area contributed by atoms with Crippen LogP contribution in [0.5, 0.6) is 0 Å². The highest BCUT2D eigenvalue weighted by molar-refractivity contribution is 8.18. The second kappa shape index (κ2) is 8.20. The van der Waals surface area contributed by atoms with Crippen LogP contribution in [0.1, 0.15) is 27.2 Å². The first-order valence-electron chi connectivity index (χ1n) is 9.53. The van der Waals surface area contributed by atoms with E-state index in [2.05, 4.69) is 5.32 Å². The standard InChI is InChI=1S/C23H20N2O4S/c1-14-7-6-10-17-15(2)20(29-19(14)17)21(26)24-11-12-25-22(27)18(30-23(25)28)13-16-8-4-3-5-9-16/h3-10,13H,11-12H2,1-2H3,(H,24,26)/b18-13+. The second-order valence-electron chi connectivity index (χ2n) is 7.01. The van der Waals surface area contributed by atoms with Crippen LogP contribution in [0.3, 0.4) is 0 Å². The number of carbonyl (C=O) groups excluding carboxylic acids is 3. The first-order chi connectivity index (χ1) is 14.5. The van der Waals surface area contributed by atoms with Gasteiger partial charge in [0.05, 0.1) is 4.91 Å². The van der Waals surface area contributed by atoms with Crippen LogP contribution < -0.4 is 5.32 Å². The number of aryl methyl sites for hydroxylation is 2. The predicted molar refractivity (Wildman–Crippen MR) is 117 cm³/mol. The molecule has 3 aromatic rings. The molecule has 152 valence electrons. The van der Waals surface area contributed by atoms with E-state index in [0.717, 1.165) is 38.7 Å². The van der Waals surface area contributed by atoms with Crippen LogP contribution in [-0.4, -0.2) is 35.0 Å². The van der Waals surface area contributed by atoms with Crippen molar-refractivity contribution in [3.8, 4) is 0 Å². The Bertz CT molecular complexity index is 1180. The molecule has 1 N–H and O–H groups in total. The smallest absolute Gasteiger partial charge is 0.293 e. The molecule has 2 aromatic carbocycles. The highest BCUT2D eigenvalue weighted by Crippen LogP contribution is 2.32. The Labute approximate surface area is 177 Å². The number of nitrogens with one attached hydrogen (secondary N) is 1. The van der Waals surface area contributed by atoms with E-state index >= 15 is 0 Å². The number of nitrogens with zero attached hydrogens (tertiary/aromatic N) is 1. The summed E-state index contributed by atoms with van der Waals surface area (Å²) in [5.41, 5.74) is 3.27. The van der Waals surface area contributed by atoms with Crippen molar-refractivity contribution in [1.29, 1.82) is 0 Å². The Kier molecular flexibility index (Phi) is 5.46. The van der Waals surface area contributed by atoms with Crippen LogP contribution in [0, 0.1) is 13.8 Å². The number of fused-ring (bicyclic) bond motifs is 1. The van der Waals surface area contributed by atoms with Crippen molar-refractivity contribution in [3.05, 3.63) is 75.9 Å². The van der Waals surface area contributed by atoms with Gasteiger partial charge in [-0.3, -0.25) is 19.3 Å². The van der Waals surface area contributed by atoms with E-state index in [1.807, 2.05) is 62.4 Å². The number of hydrogen-bond donors (Lipinski definition) is 1. The van der Waals surface area contributed by atoms with Gasteiger partial charge in [-0.25, -0.2) is 0 Å². The molecule has 0 spiro atoms. The number of amides is 3. The number of para-hydroxylation sites is 1. The molecule has 0 bridgehead atoms. The third-order valence-corrected chi connectivity index (χ3v) is 5.87. The Balaban J connectivity index is 1.41. The predicted octanol–water partition coefficient (Wildman–Crippen LogP) is 4.52. The molecule has 1 aliphatic heterocycles. The fourth-order valence-corrected chi connectivity index (χ4v) is 4.22. The van der Waals surface area contributed by atoms with Crippen LogP contribution in [-0.2, 0) is 4.79 Å². The van der Waals surface area contributed by atoms with Gasteiger partial charge in [0.15, 0.2) is 5.76 Å². The minimum absolute atomic E-state index is 0.0981. The summed E-state index contributed by atoms with van der Waals surface area (Å²) >= 11 is 0.906. The van der Waals surface area contributed by atoms with Gasteiger partial charge in [0.2, 0.25) is 0 Å². The minimum atomic E-state index is -0.366.